The van der Waals surface area contributed by atoms with Crippen molar-refractivity contribution in [1.82, 2.24) is 4.98 Å². The van der Waals surface area contributed by atoms with E-state index in [9.17, 15) is 14.4 Å². The fraction of sp³-hybridized carbons (Fsp3) is 0.316. The lowest BCUT2D eigenvalue weighted by Crippen LogP contribution is -2.14. The fourth-order valence-electron chi connectivity index (χ4n) is 3.19. The highest BCUT2D eigenvalue weighted by Crippen LogP contribution is 2.27. The Morgan fingerprint density at radius 2 is 2.12 bits per heavy atom. The van der Waals surface area contributed by atoms with Crippen molar-refractivity contribution in [3.05, 3.63) is 52.3 Å². The number of carboxylic acids is 1. The number of hydrogen-bond donors (Lipinski definition) is 3. The number of aromatic nitrogens is 1. The molecule has 7 heteroatoms. The molecule has 2 aromatic rings. The Kier molecular flexibility index (Phi) is 5.46. The molecule has 3 rings (SSSR count). The van der Waals surface area contributed by atoms with Crippen molar-refractivity contribution in [3.63, 3.8) is 0 Å². The predicted octanol–water partition coefficient (Wildman–Crippen LogP) is 3.41. The number of aromatic amines is 1. The monoisotopic (exact) mass is 372 g/mol. The third-order valence-electron chi connectivity index (χ3n) is 4.34. The number of benzene rings is 1. The summed E-state index contributed by atoms with van der Waals surface area (Å²) in [4.78, 5) is 38.4. The van der Waals surface area contributed by atoms with Crippen LogP contribution in [0, 0.1) is 6.92 Å². The molecule has 0 spiro atoms. The van der Waals surface area contributed by atoms with Gasteiger partial charge in [-0.15, -0.1) is 11.8 Å². The zero-order valence-electron chi connectivity index (χ0n) is 14.4. The Hall–Kier alpha value is -2.54. The Morgan fingerprint density at radius 1 is 1.31 bits per heavy atom. The van der Waals surface area contributed by atoms with Gasteiger partial charge in [-0.3, -0.25) is 14.4 Å². The van der Waals surface area contributed by atoms with E-state index in [-0.39, 0.29) is 17.4 Å². The van der Waals surface area contributed by atoms with Gasteiger partial charge in [0.05, 0.1) is 5.75 Å². The van der Waals surface area contributed by atoms with Crippen molar-refractivity contribution in [2.24, 2.45) is 0 Å². The van der Waals surface area contributed by atoms with Gasteiger partial charge in [-0.05, 0) is 43.0 Å². The number of carbonyl (C=O) groups is 3. The first kappa shape index (κ1) is 18.3. The Labute approximate surface area is 155 Å². The number of amides is 1. The first-order chi connectivity index (χ1) is 12.5. The standard InChI is InChI=1S/C19H20N2O4S/c1-11-17-14(6-3-7-15(17)22)21-18(11)19(25)20-13-5-2-4-12(8-13)9-26-10-16(23)24/h2,4-5,8,21H,3,6-7,9-10H2,1H3,(H,20,25)(H,23,24). The molecule has 0 unspecified atom stereocenters. The van der Waals surface area contributed by atoms with Crippen molar-refractivity contribution in [3.8, 4) is 0 Å². The van der Waals surface area contributed by atoms with Crippen LogP contribution in [-0.2, 0) is 17.0 Å². The number of aryl methyl sites for hydroxylation is 1. The average Bonchev–Trinajstić information content (AvgIpc) is 2.93. The maximum Gasteiger partial charge on any atom is 0.313 e. The Bertz CT molecular complexity index is 872. The normalized spacial score (nSPS) is 13.3. The lowest BCUT2D eigenvalue weighted by Gasteiger charge is -2.09. The SMILES string of the molecule is Cc1c(C(=O)Nc2cccc(CSCC(=O)O)c2)[nH]c2c1C(=O)CCC2. The number of Topliss-reactive ketones (excluding diaryl/α,β-unsaturated/α-hetero) is 1. The molecule has 0 atom stereocenters. The summed E-state index contributed by atoms with van der Waals surface area (Å²) >= 11 is 1.30. The lowest BCUT2D eigenvalue weighted by molar-refractivity contribution is -0.133. The summed E-state index contributed by atoms with van der Waals surface area (Å²) in [5, 5.41) is 11.6. The topological polar surface area (TPSA) is 99.3 Å². The van der Waals surface area contributed by atoms with Crippen LogP contribution in [0.1, 0.15) is 50.5 Å². The van der Waals surface area contributed by atoms with Crippen molar-refractivity contribution in [2.75, 3.05) is 11.1 Å². The molecule has 0 radical (unpaired) electrons. The van der Waals surface area contributed by atoms with E-state index in [1.165, 1.54) is 11.8 Å². The van der Waals surface area contributed by atoms with Crippen molar-refractivity contribution in [1.29, 1.82) is 0 Å². The molecule has 0 saturated heterocycles. The molecule has 0 aliphatic heterocycles. The second-order valence-corrected chi connectivity index (χ2v) is 7.28. The quantitative estimate of drug-likeness (QED) is 0.722. The van der Waals surface area contributed by atoms with E-state index in [2.05, 4.69) is 10.3 Å². The lowest BCUT2D eigenvalue weighted by atomic mass is 9.94. The Balaban J connectivity index is 1.72. The van der Waals surface area contributed by atoms with Gasteiger partial charge in [0.2, 0.25) is 0 Å². The number of carboxylic acid groups (broad SMARTS) is 1. The first-order valence-corrected chi connectivity index (χ1v) is 9.55. The third kappa shape index (κ3) is 3.99. The van der Waals surface area contributed by atoms with Crippen LogP contribution < -0.4 is 5.32 Å². The van der Waals surface area contributed by atoms with Gasteiger partial charge in [-0.1, -0.05) is 12.1 Å². The number of thioether (sulfide) groups is 1. The van der Waals surface area contributed by atoms with Gasteiger partial charge >= 0.3 is 5.97 Å². The molecule has 1 aromatic carbocycles. The number of carbonyl (C=O) groups excluding carboxylic acids is 2. The average molecular weight is 372 g/mol. The molecule has 3 N–H and O–H groups in total. The van der Waals surface area contributed by atoms with E-state index in [1.54, 1.807) is 13.0 Å². The molecule has 0 fully saturated rings. The molecule has 1 aliphatic rings. The number of fused-ring (bicyclic) bond motifs is 1. The highest BCUT2D eigenvalue weighted by molar-refractivity contribution is 7.99. The smallest absolute Gasteiger partial charge is 0.313 e. The number of ketones is 1. The Morgan fingerprint density at radius 3 is 2.85 bits per heavy atom. The van der Waals surface area contributed by atoms with Gasteiger partial charge in [0, 0.05) is 29.1 Å². The molecular formula is C19H20N2O4S. The fourth-order valence-corrected chi connectivity index (χ4v) is 3.88. The van der Waals surface area contributed by atoms with Crippen LogP contribution in [0.15, 0.2) is 24.3 Å². The minimum atomic E-state index is -0.847. The number of hydrogen-bond acceptors (Lipinski definition) is 4. The minimum Gasteiger partial charge on any atom is -0.481 e. The second kappa shape index (κ2) is 7.78. The number of H-pyrrole nitrogens is 1. The van der Waals surface area contributed by atoms with Gasteiger partial charge in [0.1, 0.15) is 5.69 Å². The van der Waals surface area contributed by atoms with Crippen LogP contribution >= 0.6 is 11.8 Å². The molecule has 1 amide bonds. The molecule has 0 saturated carbocycles. The van der Waals surface area contributed by atoms with Crippen LogP contribution in [0.5, 0.6) is 0 Å². The molecule has 1 heterocycles. The van der Waals surface area contributed by atoms with Crippen LogP contribution in [-0.4, -0.2) is 33.5 Å². The van der Waals surface area contributed by atoms with Gasteiger partial charge in [-0.2, -0.15) is 0 Å². The largest absolute Gasteiger partial charge is 0.481 e. The second-order valence-electron chi connectivity index (χ2n) is 6.30. The number of anilines is 1. The summed E-state index contributed by atoms with van der Waals surface area (Å²) in [6, 6.07) is 7.33. The van der Waals surface area contributed by atoms with E-state index in [4.69, 9.17) is 5.11 Å². The molecule has 6 nitrogen and oxygen atoms in total. The van der Waals surface area contributed by atoms with E-state index in [0.717, 1.165) is 24.1 Å². The summed E-state index contributed by atoms with van der Waals surface area (Å²) in [5.41, 5.74) is 4.22. The number of nitrogens with one attached hydrogen (secondary N) is 2. The van der Waals surface area contributed by atoms with Crippen LogP contribution in [0.4, 0.5) is 5.69 Å². The van der Waals surface area contributed by atoms with E-state index >= 15 is 0 Å². The zero-order chi connectivity index (χ0) is 18.7. The van der Waals surface area contributed by atoms with Crippen LogP contribution in [0.3, 0.4) is 0 Å². The van der Waals surface area contributed by atoms with Gasteiger partial charge in [0.15, 0.2) is 5.78 Å². The highest BCUT2D eigenvalue weighted by atomic mass is 32.2. The maximum atomic E-state index is 12.6. The van der Waals surface area contributed by atoms with Crippen LogP contribution in [0.2, 0.25) is 0 Å². The minimum absolute atomic E-state index is 0.0395. The van der Waals surface area contributed by atoms with Crippen LogP contribution in [0.25, 0.3) is 0 Å². The van der Waals surface area contributed by atoms with Gasteiger partial charge < -0.3 is 15.4 Å². The van der Waals surface area contributed by atoms with Gasteiger partial charge in [0.25, 0.3) is 5.91 Å². The summed E-state index contributed by atoms with van der Waals surface area (Å²) < 4.78 is 0. The maximum absolute atomic E-state index is 12.6. The van der Waals surface area contributed by atoms with E-state index in [1.807, 2.05) is 18.2 Å². The highest BCUT2D eigenvalue weighted by Gasteiger charge is 2.26. The predicted molar refractivity (Wildman–Crippen MR) is 101 cm³/mol. The summed E-state index contributed by atoms with van der Waals surface area (Å²) in [6.07, 6.45) is 2.12. The van der Waals surface area contributed by atoms with Gasteiger partial charge in [-0.25, -0.2) is 0 Å². The summed E-state index contributed by atoms with van der Waals surface area (Å²) in [5.74, 6) is -0.435. The number of rotatable bonds is 6. The van der Waals surface area contributed by atoms with E-state index < -0.39 is 5.97 Å². The van der Waals surface area contributed by atoms with E-state index in [0.29, 0.717) is 34.7 Å². The first-order valence-electron chi connectivity index (χ1n) is 8.40. The summed E-state index contributed by atoms with van der Waals surface area (Å²) in [7, 11) is 0. The molecule has 26 heavy (non-hydrogen) atoms. The van der Waals surface area contributed by atoms with Crippen molar-refractivity contribution in [2.45, 2.75) is 31.9 Å². The molecule has 1 aromatic heterocycles. The molecule has 0 bridgehead atoms. The molecule has 1 aliphatic carbocycles. The number of aliphatic carboxylic acids is 1. The summed E-state index contributed by atoms with van der Waals surface area (Å²) in [6.45, 7) is 1.80. The third-order valence-corrected chi connectivity index (χ3v) is 5.33. The molecular weight excluding hydrogens is 352 g/mol. The molecule has 136 valence electrons. The van der Waals surface area contributed by atoms with Crippen molar-refractivity contribution < 1.29 is 19.5 Å². The zero-order valence-corrected chi connectivity index (χ0v) is 15.2. The van der Waals surface area contributed by atoms with Crippen molar-refractivity contribution >= 4 is 35.1 Å².